The van der Waals surface area contributed by atoms with Gasteiger partial charge < -0.3 is 5.32 Å². The third kappa shape index (κ3) is 3.23. The molecule has 0 saturated heterocycles. The molecule has 1 N–H and O–H groups in total. The molecule has 0 radical (unpaired) electrons. The topological polar surface area (TPSA) is 50.7 Å². The first-order valence-corrected chi connectivity index (χ1v) is 8.22. The lowest BCUT2D eigenvalue weighted by molar-refractivity contribution is 0.936. The molecule has 1 fully saturated rings. The van der Waals surface area contributed by atoms with Crippen LogP contribution in [0.5, 0.6) is 0 Å². The Labute approximate surface area is 133 Å². The third-order valence-corrected chi connectivity index (χ3v) is 4.31. The van der Waals surface area contributed by atoms with Gasteiger partial charge in [-0.15, -0.1) is 0 Å². The number of hydrogen-bond donors (Lipinski definition) is 1. The number of pyridine rings is 1. The van der Waals surface area contributed by atoms with Crippen LogP contribution >= 0.6 is 15.9 Å². The summed E-state index contributed by atoms with van der Waals surface area (Å²) in [6, 6.07) is 4.03. The van der Waals surface area contributed by atoms with E-state index in [1.54, 1.807) is 0 Å². The maximum absolute atomic E-state index is 4.74. The Bertz CT molecular complexity index is 635. The van der Waals surface area contributed by atoms with Crippen molar-refractivity contribution in [1.82, 2.24) is 15.0 Å². The largest absolute Gasteiger partial charge is 0.369 e. The Kier molecular flexibility index (Phi) is 4.19. The molecule has 1 aliphatic rings. The highest BCUT2D eigenvalue weighted by Gasteiger charge is 2.29. The summed E-state index contributed by atoms with van der Waals surface area (Å²) in [7, 11) is 0. The minimum absolute atomic E-state index is 0.564. The second-order valence-electron chi connectivity index (χ2n) is 5.52. The van der Waals surface area contributed by atoms with E-state index < -0.39 is 0 Å². The van der Waals surface area contributed by atoms with Crippen molar-refractivity contribution in [1.29, 1.82) is 0 Å². The van der Waals surface area contributed by atoms with Crippen molar-refractivity contribution in [2.75, 3.05) is 11.9 Å². The number of hydrogen-bond acceptors (Lipinski definition) is 4. The highest BCUT2D eigenvalue weighted by Crippen LogP contribution is 2.44. The first-order chi connectivity index (χ1) is 10.2. The molecule has 0 atom stereocenters. The van der Waals surface area contributed by atoms with Crippen molar-refractivity contribution in [3.8, 4) is 11.5 Å². The van der Waals surface area contributed by atoms with Crippen LogP contribution in [0.1, 0.15) is 43.4 Å². The SMILES string of the molecule is CCCNc1nc(-c2ccc(C)cn2)nc(C2CC2)c1Br. The van der Waals surface area contributed by atoms with Crippen LogP contribution < -0.4 is 5.32 Å². The molecular weight excluding hydrogens is 328 g/mol. The lowest BCUT2D eigenvalue weighted by atomic mass is 10.2. The van der Waals surface area contributed by atoms with Crippen molar-refractivity contribution in [3.05, 3.63) is 34.1 Å². The van der Waals surface area contributed by atoms with E-state index >= 15 is 0 Å². The van der Waals surface area contributed by atoms with Crippen molar-refractivity contribution in [2.45, 2.75) is 39.0 Å². The van der Waals surface area contributed by atoms with Gasteiger partial charge in [0, 0.05) is 18.7 Å². The highest BCUT2D eigenvalue weighted by atomic mass is 79.9. The summed E-state index contributed by atoms with van der Waals surface area (Å²) in [6.07, 6.45) is 5.34. The number of rotatable bonds is 5. The van der Waals surface area contributed by atoms with Gasteiger partial charge in [0.1, 0.15) is 11.5 Å². The monoisotopic (exact) mass is 346 g/mol. The summed E-state index contributed by atoms with van der Waals surface area (Å²) < 4.78 is 1.01. The fourth-order valence-electron chi connectivity index (χ4n) is 2.17. The molecule has 21 heavy (non-hydrogen) atoms. The summed E-state index contributed by atoms with van der Waals surface area (Å²) in [4.78, 5) is 13.8. The van der Waals surface area contributed by atoms with Gasteiger partial charge in [-0.2, -0.15) is 0 Å². The molecule has 1 saturated carbocycles. The average molecular weight is 347 g/mol. The number of halogens is 1. The van der Waals surface area contributed by atoms with Gasteiger partial charge in [0.2, 0.25) is 0 Å². The fraction of sp³-hybridized carbons (Fsp3) is 0.438. The van der Waals surface area contributed by atoms with Crippen LogP contribution in [-0.2, 0) is 0 Å². The molecule has 0 unspecified atom stereocenters. The van der Waals surface area contributed by atoms with Gasteiger partial charge in [-0.3, -0.25) is 4.98 Å². The van der Waals surface area contributed by atoms with Gasteiger partial charge in [0.05, 0.1) is 10.2 Å². The number of nitrogens with one attached hydrogen (secondary N) is 1. The molecule has 0 aliphatic heterocycles. The van der Waals surface area contributed by atoms with Crippen LogP contribution in [-0.4, -0.2) is 21.5 Å². The molecule has 0 spiro atoms. The maximum Gasteiger partial charge on any atom is 0.180 e. The molecule has 2 aromatic heterocycles. The van der Waals surface area contributed by atoms with Crippen LogP contribution in [0.25, 0.3) is 11.5 Å². The van der Waals surface area contributed by atoms with Crippen molar-refractivity contribution in [2.24, 2.45) is 0 Å². The fourth-order valence-corrected chi connectivity index (χ4v) is 2.81. The molecular formula is C16H19BrN4. The quantitative estimate of drug-likeness (QED) is 0.876. The van der Waals surface area contributed by atoms with Gasteiger partial charge in [-0.25, -0.2) is 9.97 Å². The minimum Gasteiger partial charge on any atom is -0.369 e. The van der Waals surface area contributed by atoms with E-state index in [9.17, 15) is 0 Å². The van der Waals surface area contributed by atoms with E-state index in [-0.39, 0.29) is 0 Å². The third-order valence-electron chi connectivity index (χ3n) is 3.52. The van der Waals surface area contributed by atoms with Crippen molar-refractivity contribution < 1.29 is 0 Å². The first kappa shape index (κ1) is 14.4. The van der Waals surface area contributed by atoms with Crippen molar-refractivity contribution >= 4 is 21.7 Å². The van der Waals surface area contributed by atoms with E-state index in [2.05, 4.69) is 38.1 Å². The van der Waals surface area contributed by atoms with Gasteiger partial charge in [0.25, 0.3) is 0 Å². The van der Waals surface area contributed by atoms with Crippen LogP contribution in [0.2, 0.25) is 0 Å². The lowest BCUT2D eigenvalue weighted by Crippen LogP contribution is -2.07. The molecule has 1 aliphatic carbocycles. The van der Waals surface area contributed by atoms with Crippen LogP contribution in [0.3, 0.4) is 0 Å². The number of aromatic nitrogens is 3. The Morgan fingerprint density at radius 2 is 2.10 bits per heavy atom. The molecule has 4 nitrogen and oxygen atoms in total. The Morgan fingerprint density at radius 1 is 1.29 bits per heavy atom. The Hall–Kier alpha value is -1.49. The summed E-state index contributed by atoms with van der Waals surface area (Å²) in [5.41, 5.74) is 3.08. The Balaban J connectivity index is 2.03. The zero-order valence-corrected chi connectivity index (χ0v) is 13.9. The molecule has 2 heterocycles. The van der Waals surface area contributed by atoms with Crippen molar-refractivity contribution in [3.63, 3.8) is 0 Å². The molecule has 3 rings (SSSR count). The van der Waals surface area contributed by atoms with Gasteiger partial charge in [0.15, 0.2) is 5.82 Å². The van der Waals surface area contributed by atoms with Crippen LogP contribution in [0, 0.1) is 6.92 Å². The number of anilines is 1. The second-order valence-corrected chi connectivity index (χ2v) is 6.31. The van der Waals surface area contributed by atoms with Crippen LogP contribution in [0.15, 0.2) is 22.8 Å². The number of nitrogens with zero attached hydrogens (tertiary/aromatic N) is 3. The zero-order valence-electron chi connectivity index (χ0n) is 12.4. The standard InChI is InChI=1S/C16H19BrN4/c1-3-8-18-16-13(17)14(11-5-6-11)20-15(21-16)12-7-4-10(2)9-19-12/h4,7,9,11H,3,5-6,8H2,1-2H3,(H,18,20,21). The first-order valence-electron chi connectivity index (χ1n) is 7.43. The molecule has 0 amide bonds. The number of aryl methyl sites for hydroxylation is 1. The molecule has 5 heteroatoms. The molecule has 0 aromatic carbocycles. The van der Waals surface area contributed by atoms with E-state index in [1.165, 1.54) is 12.8 Å². The van der Waals surface area contributed by atoms with Gasteiger partial charge >= 0.3 is 0 Å². The maximum atomic E-state index is 4.74. The molecule has 0 bridgehead atoms. The smallest absolute Gasteiger partial charge is 0.180 e. The summed E-state index contributed by atoms with van der Waals surface area (Å²) in [5.74, 6) is 2.15. The summed E-state index contributed by atoms with van der Waals surface area (Å²) in [5, 5.41) is 3.38. The van der Waals surface area contributed by atoms with E-state index in [4.69, 9.17) is 4.98 Å². The van der Waals surface area contributed by atoms with E-state index in [0.717, 1.165) is 40.2 Å². The summed E-state index contributed by atoms with van der Waals surface area (Å²) in [6.45, 7) is 5.08. The van der Waals surface area contributed by atoms with Crippen LogP contribution in [0.4, 0.5) is 5.82 Å². The van der Waals surface area contributed by atoms with Gasteiger partial charge in [-0.1, -0.05) is 13.0 Å². The molecule has 110 valence electrons. The second kappa shape index (κ2) is 6.10. The van der Waals surface area contributed by atoms with E-state index in [1.807, 2.05) is 25.3 Å². The van der Waals surface area contributed by atoms with Gasteiger partial charge in [-0.05, 0) is 53.7 Å². The minimum atomic E-state index is 0.564. The predicted molar refractivity (Wildman–Crippen MR) is 88.5 cm³/mol. The zero-order chi connectivity index (χ0) is 14.8. The predicted octanol–water partition coefficient (Wildman–Crippen LogP) is 4.31. The summed E-state index contributed by atoms with van der Waals surface area (Å²) >= 11 is 3.66. The normalized spacial score (nSPS) is 14.2. The highest BCUT2D eigenvalue weighted by molar-refractivity contribution is 9.10. The van der Waals surface area contributed by atoms with E-state index in [0.29, 0.717) is 11.7 Å². The Morgan fingerprint density at radius 3 is 2.71 bits per heavy atom. The average Bonchev–Trinajstić information content (AvgIpc) is 3.32. The lowest BCUT2D eigenvalue weighted by Gasteiger charge is -2.12. The molecule has 2 aromatic rings.